The molecule has 1 amide bonds. The fraction of sp³-hybridized carbons (Fsp3) is 0.360. The second-order valence-electron chi connectivity index (χ2n) is 8.60. The number of hydrogen-bond donors (Lipinski definition) is 2. The van der Waals surface area contributed by atoms with Gasteiger partial charge in [0.2, 0.25) is 6.10 Å². The van der Waals surface area contributed by atoms with Gasteiger partial charge in [-0.15, -0.1) is 0 Å². The number of nitrogens with one attached hydrogen (secondary N) is 1. The predicted octanol–water partition coefficient (Wildman–Crippen LogP) is 3.98. The first-order valence-corrected chi connectivity index (χ1v) is 15.1. The van der Waals surface area contributed by atoms with Gasteiger partial charge in [-0.05, 0) is 59.9 Å². The van der Waals surface area contributed by atoms with Crippen molar-refractivity contribution in [2.45, 2.75) is 25.4 Å². The fourth-order valence-electron chi connectivity index (χ4n) is 3.33. The van der Waals surface area contributed by atoms with Crippen LogP contribution in [0.25, 0.3) is 0 Å². The van der Waals surface area contributed by atoms with Gasteiger partial charge in [0.25, 0.3) is 5.91 Å². The molecular formula is C25H29N4O8PS. The second-order valence-corrected chi connectivity index (χ2v) is 12.6. The summed E-state index contributed by atoms with van der Waals surface area (Å²) >= 11 is 0.512. The molecule has 208 valence electrons. The summed E-state index contributed by atoms with van der Waals surface area (Å²) in [6.45, 7) is -4.35. The van der Waals surface area contributed by atoms with E-state index in [1.54, 1.807) is 24.3 Å². The average molecular weight is 577 g/mol. The van der Waals surface area contributed by atoms with E-state index in [1.807, 2.05) is 43.3 Å². The molecule has 14 heteroatoms. The molecule has 3 rings (SSSR count). The smallest absolute Gasteiger partial charge is 0.386 e. The van der Waals surface area contributed by atoms with Crippen LogP contribution in [0.15, 0.2) is 58.8 Å². The molecule has 0 aromatic heterocycles. The third-order valence-electron chi connectivity index (χ3n) is 5.43. The predicted molar refractivity (Wildman–Crippen MR) is 146 cm³/mol. The number of nitrogens with zero attached hydrogens (tertiary/aromatic N) is 3. The Bertz CT molecular complexity index is 1250. The Balaban J connectivity index is 1.34. The van der Waals surface area contributed by atoms with E-state index in [9.17, 15) is 28.6 Å². The number of azo groups is 1. The van der Waals surface area contributed by atoms with E-state index >= 15 is 0 Å². The number of hydrogen-bond acceptors (Lipinski definition) is 11. The van der Waals surface area contributed by atoms with Crippen molar-refractivity contribution < 1.29 is 37.9 Å². The Morgan fingerprint density at radius 2 is 1.59 bits per heavy atom. The third kappa shape index (κ3) is 9.70. The van der Waals surface area contributed by atoms with Crippen LogP contribution in [0.2, 0.25) is 0 Å². The summed E-state index contributed by atoms with van der Waals surface area (Å²) in [5.74, 6) is -2.21. The number of esters is 1. The Labute approximate surface area is 229 Å². The highest BCUT2D eigenvalue weighted by atomic mass is 32.7. The highest BCUT2D eigenvalue weighted by Gasteiger charge is 2.36. The summed E-state index contributed by atoms with van der Waals surface area (Å²) < 4.78 is 21.9. The molecule has 2 aromatic carbocycles. The monoisotopic (exact) mass is 576 g/mol. The molecule has 0 saturated heterocycles. The van der Waals surface area contributed by atoms with Crippen LogP contribution in [0.1, 0.15) is 29.6 Å². The number of carbonyl (C=O) groups is 4. The van der Waals surface area contributed by atoms with E-state index < -0.39 is 36.3 Å². The quantitative estimate of drug-likeness (QED) is 0.117. The van der Waals surface area contributed by atoms with Crippen molar-refractivity contribution >= 4 is 58.7 Å². The lowest BCUT2D eigenvalue weighted by Crippen LogP contribution is -2.28. The molecule has 2 N–H and O–H groups in total. The summed E-state index contributed by atoms with van der Waals surface area (Å²) in [5, 5.41) is 10.9. The highest BCUT2D eigenvalue weighted by molar-refractivity contribution is 8.54. The number of benzene rings is 2. The largest absolute Gasteiger partial charge is 0.446 e. The van der Waals surface area contributed by atoms with Crippen LogP contribution in [0.5, 0.6) is 0 Å². The van der Waals surface area contributed by atoms with Gasteiger partial charge in [-0.2, -0.15) is 10.2 Å². The molecule has 0 radical (unpaired) electrons. The van der Waals surface area contributed by atoms with Crippen molar-refractivity contribution in [1.29, 1.82) is 0 Å². The topological polar surface area (TPSA) is 164 Å². The van der Waals surface area contributed by atoms with E-state index in [1.165, 1.54) is 0 Å². The molecule has 1 unspecified atom stereocenters. The zero-order valence-corrected chi connectivity index (χ0v) is 23.2. The molecule has 1 atom stereocenters. The van der Waals surface area contributed by atoms with E-state index in [-0.39, 0.29) is 38.2 Å². The maximum absolute atomic E-state index is 12.3. The minimum Gasteiger partial charge on any atom is -0.446 e. The Hall–Kier alpha value is -3.38. The first-order chi connectivity index (χ1) is 18.5. The SMILES string of the molecule is CN(C)c1ccc(/N=N/c2ccc(C(=O)NCCOP(=O)(O)SCCC(=O)OC3C(=O)CCC3=O)cc2)cc1. The molecule has 0 heterocycles. The van der Waals surface area contributed by atoms with Gasteiger partial charge in [-0.25, -0.2) is 4.57 Å². The number of ether oxygens (including phenoxy) is 1. The van der Waals surface area contributed by atoms with Crippen molar-refractivity contribution in [3.63, 3.8) is 0 Å². The first-order valence-electron chi connectivity index (χ1n) is 12.0. The molecule has 1 aliphatic carbocycles. The molecule has 0 aliphatic heterocycles. The van der Waals surface area contributed by atoms with Crippen LogP contribution in [-0.2, 0) is 28.2 Å². The Morgan fingerprint density at radius 1 is 1.03 bits per heavy atom. The normalized spacial score (nSPS) is 15.4. The Kier molecular flexibility index (Phi) is 10.9. The number of carbonyl (C=O) groups excluding carboxylic acids is 4. The molecule has 39 heavy (non-hydrogen) atoms. The summed E-state index contributed by atoms with van der Waals surface area (Å²) in [4.78, 5) is 59.0. The van der Waals surface area contributed by atoms with Crippen LogP contribution in [-0.4, -0.2) is 67.4 Å². The molecule has 1 fully saturated rings. The maximum Gasteiger partial charge on any atom is 0.386 e. The van der Waals surface area contributed by atoms with Crippen LogP contribution >= 0.6 is 18.2 Å². The van der Waals surface area contributed by atoms with E-state index in [4.69, 9.17) is 9.26 Å². The van der Waals surface area contributed by atoms with Crippen LogP contribution in [0.4, 0.5) is 17.1 Å². The minimum atomic E-state index is -4.09. The minimum absolute atomic E-state index is 0.0255. The van der Waals surface area contributed by atoms with Gasteiger partial charge in [0.15, 0.2) is 11.6 Å². The molecule has 2 aromatic rings. The highest BCUT2D eigenvalue weighted by Crippen LogP contribution is 2.55. The summed E-state index contributed by atoms with van der Waals surface area (Å²) in [6.07, 6.45) is -1.54. The molecule has 12 nitrogen and oxygen atoms in total. The number of ketones is 2. The van der Waals surface area contributed by atoms with Gasteiger partial charge < -0.3 is 19.8 Å². The molecule has 1 saturated carbocycles. The number of rotatable bonds is 13. The first kappa shape index (κ1) is 30.2. The summed E-state index contributed by atoms with van der Waals surface area (Å²) in [5.41, 5.74) is 2.67. The van der Waals surface area contributed by atoms with Crippen molar-refractivity contribution in [3.05, 3.63) is 54.1 Å². The molecule has 0 spiro atoms. The van der Waals surface area contributed by atoms with Crippen LogP contribution < -0.4 is 10.2 Å². The van der Waals surface area contributed by atoms with Crippen molar-refractivity contribution in [2.75, 3.05) is 37.9 Å². The molecular weight excluding hydrogens is 547 g/mol. The van der Waals surface area contributed by atoms with Gasteiger partial charge in [0, 0.05) is 50.5 Å². The molecule has 1 aliphatic rings. The zero-order valence-electron chi connectivity index (χ0n) is 21.4. The molecule has 0 bridgehead atoms. The van der Waals surface area contributed by atoms with Crippen LogP contribution in [0, 0.1) is 0 Å². The van der Waals surface area contributed by atoms with Crippen molar-refractivity contribution in [2.24, 2.45) is 10.2 Å². The Morgan fingerprint density at radius 3 is 2.15 bits per heavy atom. The lowest BCUT2D eigenvalue weighted by Gasteiger charge is -2.12. The van der Waals surface area contributed by atoms with Crippen LogP contribution in [0.3, 0.4) is 0 Å². The van der Waals surface area contributed by atoms with Gasteiger partial charge in [-0.1, -0.05) is 0 Å². The zero-order chi connectivity index (χ0) is 28.4. The van der Waals surface area contributed by atoms with Gasteiger partial charge in [0.1, 0.15) is 0 Å². The van der Waals surface area contributed by atoms with Crippen molar-refractivity contribution in [1.82, 2.24) is 5.32 Å². The summed E-state index contributed by atoms with van der Waals surface area (Å²) in [6, 6.07) is 14.0. The van der Waals surface area contributed by atoms with Crippen molar-refractivity contribution in [3.8, 4) is 0 Å². The lowest BCUT2D eigenvalue weighted by atomic mass is 10.2. The standard InChI is InChI=1S/C25H29N4O8PS/c1-29(2)20-9-7-19(8-10-20)28-27-18-5-3-17(4-6-18)25(33)26-14-15-36-38(34,35)39-16-13-23(32)37-24-21(30)11-12-22(24)31/h3-10,24H,11-16H2,1-2H3,(H,26,33)(H,34,35)/b28-27+. The third-order valence-corrected chi connectivity index (χ3v) is 8.50. The van der Waals surface area contributed by atoms with E-state index in [2.05, 4.69) is 15.5 Å². The lowest BCUT2D eigenvalue weighted by molar-refractivity contribution is -0.157. The van der Waals surface area contributed by atoms with Gasteiger partial charge in [0.05, 0.1) is 24.4 Å². The number of Topliss-reactive ketones (excluding diaryl/α,β-unsaturated/α-hetero) is 2. The van der Waals surface area contributed by atoms with Gasteiger partial charge >= 0.3 is 12.8 Å². The number of amides is 1. The fourth-order valence-corrected chi connectivity index (χ4v) is 5.63. The maximum atomic E-state index is 12.3. The second kappa shape index (κ2) is 14.1. The summed E-state index contributed by atoms with van der Waals surface area (Å²) in [7, 11) is 3.90. The van der Waals surface area contributed by atoms with E-state index in [0.29, 0.717) is 28.3 Å². The van der Waals surface area contributed by atoms with Gasteiger partial charge in [-0.3, -0.25) is 23.7 Å². The average Bonchev–Trinajstić information content (AvgIpc) is 3.22. The number of anilines is 1. The van der Waals surface area contributed by atoms with E-state index in [0.717, 1.165) is 5.69 Å².